The first-order valence-electron chi connectivity index (χ1n) is 14.9. The molecular formula is C31H42N6O5S. The highest BCUT2D eigenvalue weighted by atomic mass is 32.1. The van der Waals surface area contributed by atoms with Crippen LogP contribution in [0.4, 0.5) is 11.6 Å². The topological polar surface area (TPSA) is 125 Å². The number of carbonyl (C=O) groups is 1. The number of β-amino-alcohol motifs (C(OH)–C–C–N with tert-alkyl or cyclic N) is 1. The maximum atomic E-state index is 13.2. The molecular weight excluding hydrogens is 568 g/mol. The summed E-state index contributed by atoms with van der Waals surface area (Å²) < 4.78 is 16.8. The molecule has 0 spiro atoms. The van der Waals surface area contributed by atoms with Crippen LogP contribution in [0.5, 0.6) is 5.75 Å². The minimum absolute atomic E-state index is 0. The average molecular weight is 611 g/mol. The second-order valence-electron chi connectivity index (χ2n) is 11.4. The summed E-state index contributed by atoms with van der Waals surface area (Å²) in [5, 5.41) is 17.2. The molecule has 12 heteroatoms. The van der Waals surface area contributed by atoms with E-state index in [0.717, 1.165) is 74.3 Å². The Morgan fingerprint density at radius 2 is 2.00 bits per heavy atom. The number of ether oxygens (including phenoxy) is 2. The smallest absolute Gasteiger partial charge is 0.251 e. The van der Waals surface area contributed by atoms with Crippen LogP contribution in [0.25, 0.3) is 0 Å². The van der Waals surface area contributed by atoms with E-state index in [1.165, 1.54) is 23.9 Å². The number of aromatic nitrogens is 2. The van der Waals surface area contributed by atoms with Gasteiger partial charge < -0.3 is 34.5 Å². The van der Waals surface area contributed by atoms with Crippen LogP contribution in [0.15, 0.2) is 41.1 Å². The van der Waals surface area contributed by atoms with E-state index in [4.69, 9.17) is 18.9 Å². The monoisotopic (exact) mass is 610 g/mol. The summed E-state index contributed by atoms with van der Waals surface area (Å²) in [4.78, 5) is 26.5. The molecule has 232 valence electrons. The van der Waals surface area contributed by atoms with Crippen molar-refractivity contribution >= 4 is 31.0 Å². The van der Waals surface area contributed by atoms with Gasteiger partial charge >= 0.3 is 0 Å². The van der Waals surface area contributed by atoms with Crippen LogP contribution in [-0.4, -0.2) is 84.0 Å². The van der Waals surface area contributed by atoms with Crippen LogP contribution in [0.3, 0.4) is 0 Å². The summed E-state index contributed by atoms with van der Waals surface area (Å²) in [5.41, 5.74) is 3.85. The normalized spacial score (nSPS) is 17.8. The second-order valence-corrected chi connectivity index (χ2v) is 11.4. The SMILES string of the molecule is Cc1ncoc1COc1ccc2c(c1)CCN(C[C@@H](O)CNC(=O)c1cc(NC3CCC3)nc(N3CCOCC3)c1)C2.S. The minimum atomic E-state index is -0.684. The summed E-state index contributed by atoms with van der Waals surface area (Å²) >= 11 is 0. The van der Waals surface area contributed by atoms with Crippen molar-refractivity contribution in [3.05, 3.63) is 64.9 Å². The largest absolute Gasteiger partial charge is 0.486 e. The molecule has 0 bridgehead atoms. The lowest BCUT2D eigenvalue weighted by Crippen LogP contribution is -2.42. The molecule has 0 unspecified atom stereocenters. The van der Waals surface area contributed by atoms with E-state index in [-0.39, 0.29) is 25.9 Å². The van der Waals surface area contributed by atoms with Gasteiger partial charge in [0.1, 0.15) is 24.0 Å². The third-order valence-electron chi connectivity index (χ3n) is 8.32. The Bertz CT molecular complexity index is 1380. The van der Waals surface area contributed by atoms with Crippen LogP contribution in [0.2, 0.25) is 0 Å². The van der Waals surface area contributed by atoms with Gasteiger partial charge in [-0.15, -0.1) is 0 Å². The van der Waals surface area contributed by atoms with Gasteiger partial charge in [0.25, 0.3) is 5.91 Å². The number of carbonyl (C=O) groups excluding carboxylic acids is 1. The molecule has 1 aliphatic carbocycles. The van der Waals surface area contributed by atoms with Crippen LogP contribution >= 0.6 is 13.5 Å². The molecule has 1 saturated carbocycles. The third-order valence-corrected chi connectivity index (χ3v) is 8.32. The maximum Gasteiger partial charge on any atom is 0.251 e. The fourth-order valence-electron chi connectivity index (χ4n) is 5.56. The van der Waals surface area contributed by atoms with Gasteiger partial charge in [-0.05, 0) is 68.0 Å². The zero-order chi connectivity index (χ0) is 28.9. The molecule has 1 amide bonds. The van der Waals surface area contributed by atoms with Crippen molar-refractivity contribution in [2.75, 3.05) is 56.2 Å². The van der Waals surface area contributed by atoms with Gasteiger partial charge in [-0.1, -0.05) is 6.07 Å². The lowest BCUT2D eigenvalue weighted by atomic mass is 9.93. The molecule has 1 saturated heterocycles. The fourth-order valence-corrected chi connectivity index (χ4v) is 5.56. The van der Waals surface area contributed by atoms with E-state index in [0.29, 0.717) is 38.0 Å². The van der Waals surface area contributed by atoms with Crippen LogP contribution in [-0.2, 0) is 24.3 Å². The number of amides is 1. The molecule has 1 atom stereocenters. The number of anilines is 2. The van der Waals surface area contributed by atoms with Gasteiger partial charge in [0.05, 0.1) is 25.0 Å². The van der Waals surface area contributed by atoms with E-state index in [1.54, 1.807) is 0 Å². The summed E-state index contributed by atoms with van der Waals surface area (Å²) in [5.74, 6) is 2.83. The quantitative estimate of drug-likeness (QED) is 0.298. The van der Waals surface area contributed by atoms with Crippen molar-refractivity contribution in [3.8, 4) is 5.75 Å². The number of aryl methyl sites for hydroxylation is 1. The van der Waals surface area contributed by atoms with Crippen LogP contribution < -0.4 is 20.3 Å². The summed E-state index contributed by atoms with van der Waals surface area (Å²) in [6, 6.07) is 10.2. The molecule has 3 N–H and O–H groups in total. The van der Waals surface area contributed by atoms with Crippen molar-refractivity contribution < 1.29 is 23.8 Å². The number of rotatable bonds is 11. The highest BCUT2D eigenvalue weighted by Crippen LogP contribution is 2.26. The molecule has 6 rings (SSSR count). The second kappa shape index (κ2) is 14.4. The molecule has 2 fully saturated rings. The van der Waals surface area contributed by atoms with Gasteiger partial charge in [-0.3, -0.25) is 9.69 Å². The Balaban J connectivity index is 0.00000368. The number of hydrogen-bond donors (Lipinski definition) is 3. The van der Waals surface area contributed by atoms with E-state index in [1.807, 2.05) is 25.1 Å². The lowest BCUT2D eigenvalue weighted by molar-refractivity contribution is 0.0841. The number of oxazole rings is 1. The number of morpholine rings is 1. The van der Waals surface area contributed by atoms with Crippen molar-refractivity contribution in [2.45, 2.75) is 57.9 Å². The number of aliphatic hydroxyl groups is 1. The molecule has 43 heavy (non-hydrogen) atoms. The Morgan fingerprint density at radius 1 is 1.16 bits per heavy atom. The fraction of sp³-hybridized carbons (Fsp3) is 0.516. The number of nitrogens with one attached hydrogen (secondary N) is 2. The van der Waals surface area contributed by atoms with Crippen molar-refractivity contribution in [3.63, 3.8) is 0 Å². The molecule has 3 aliphatic rings. The van der Waals surface area contributed by atoms with E-state index in [2.05, 4.69) is 37.6 Å². The van der Waals surface area contributed by atoms with E-state index in [9.17, 15) is 9.90 Å². The first-order chi connectivity index (χ1) is 20.5. The molecule has 1 aromatic carbocycles. The lowest BCUT2D eigenvalue weighted by Gasteiger charge is -2.31. The predicted octanol–water partition coefficient (Wildman–Crippen LogP) is 3.02. The minimum Gasteiger partial charge on any atom is -0.486 e. The zero-order valence-electron chi connectivity index (χ0n) is 24.7. The third kappa shape index (κ3) is 7.99. The molecule has 0 radical (unpaired) electrons. The number of aliphatic hydroxyl groups excluding tert-OH is 1. The predicted molar refractivity (Wildman–Crippen MR) is 168 cm³/mol. The standard InChI is InChI=1S/C31H40N6O5.H2S/c1-21-28(42-20-33-21)19-41-27-6-5-23-17-36(8-7-22(23)13-27)18-26(38)16-32-31(39)24-14-29(34-25-3-2-4-25)35-30(15-24)37-9-11-40-12-10-37;/h5-6,13-15,20,25-26,38H,2-4,7-12,16-19H2,1H3,(H,32,39)(H,34,35);1H2/t26-;/m0./s1. The first-order valence-corrected chi connectivity index (χ1v) is 14.9. The van der Waals surface area contributed by atoms with Crippen LogP contribution in [0, 0.1) is 6.92 Å². The Hall–Kier alpha value is -3.32. The van der Waals surface area contributed by atoms with Gasteiger partial charge in [-0.2, -0.15) is 13.5 Å². The van der Waals surface area contributed by atoms with Crippen molar-refractivity contribution in [1.29, 1.82) is 0 Å². The maximum absolute atomic E-state index is 13.2. The highest BCUT2D eigenvalue weighted by molar-refractivity contribution is 7.59. The summed E-state index contributed by atoms with van der Waals surface area (Å²) in [6.45, 7) is 7.26. The number of pyridine rings is 1. The van der Waals surface area contributed by atoms with Crippen LogP contribution in [0.1, 0.15) is 52.2 Å². The number of nitrogens with zero attached hydrogens (tertiary/aromatic N) is 4. The van der Waals surface area contributed by atoms with Gasteiger partial charge in [0.2, 0.25) is 0 Å². The van der Waals surface area contributed by atoms with E-state index < -0.39 is 6.10 Å². The number of fused-ring (bicyclic) bond motifs is 1. The zero-order valence-corrected chi connectivity index (χ0v) is 25.7. The molecule has 3 aromatic rings. The van der Waals surface area contributed by atoms with E-state index >= 15 is 0 Å². The number of hydrogen-bond acceptors (Lipinski definition) is 10. The van der Waals surface area contributed by atoms with Crippen molar-refractivity contribution in [2.24, 2.45) is 0 Å². The highest BCUT2D eigenvalue weighted by Gasteiger charge is 2.23. The van der Waals surface area contributed by atoms with Gasteiger partial charge in [0.15, 0.2) is 12.2 Å². The summed E-state index contributed by atoms with van der Waals surface area (Å²) in [6.07, 6.45) is 5.07. The molecule has 11 nitrogen and oxygen atoms in total. The Labute approximate surface area is 259 Å². The number of benzene rings is 1. The molecule has 2 aromatic heterocycles. The summed E-state index contributed by atoms with van der Waals surface area (Å²) in [7, 11) is 0. The van der Waals surface area contributed by atoms with Crippen molar-refractivity contribution in [1.82, 2.24) is 20.2 Å². The average Bonchev–Trinajstić information content (AvgIpc) is 3.41. The van der Waals surface area contributed by atoms with Gasteiger partial charge in [-0.25, -0.2) is 9.97 Å². The van der Waals surface area contributed by atoms with Gasteiger partial charge in [0, 0.05) is 50.9 Å². The first kappa shape index (κ1) is 31.1. The Morgan fingerprint density at radius 3 is 2.74 bits per heavy atom. The molecule has 2 aliphatic heterocycles. The Kier molecular flexibility index (Phi) is 10.4. The molecule has 4 heterocycles.